The predicted octanol–water partition coefficient (Wildman–Crippen LogP) is 1.74. The standard InChI is InChI=1S/C10H7N5O.2ClH/c16-9-4-2-1-3-7(9)8-5-6-10-11-13-14-15(10)12-8;;/h1-6,16H;2*1H. The minimum atomic E-state index is 0. The molecule has 0 atom stereocenters. The third-order valence-corrected chi connectivity index (χ3v) is 2.25. The summed E-state index contributed by atoms with van der Waals surface area (Å²) >= 11 is 0. The Morgan fingerprint density at radius 2 is 1.78 bits per heavy atom. The predicted molar refractivity (Wildman–Crippen MR) is 70.2 cm³/mol. The highest BCUT2D eigenvalue weighted by Gasteiger charge is 2.06. The summed E-state index contributed by atoms with van der Waals surface area (Å²) in [4.78, 5) is 0. The topological polar surface area (TPSA) is 76.2 Å². The zero-order valence-corrected chi connectivity index (χ0v) is 10.6. The number of benzene rings is 1. The van der Waals surface area contributed by atoms with Crippen LogP contribution in [0.15, 0.2) is 36.4 Å². The number of phenols is 1. The molecule has 0 radical (unpaired) electrons. The molecule has 3 aromatic rings. The van der Waals surface area contributed by atoms with Gasteiger partial charge in [0.05, 0.1) is 5.69 Å². The average Bonchev–Trinajstić information content (AvgIpc) is 2.76. The normalized spacial score (nSPS) is 9.56. The van der Waals surface area contributed by atoms with Gasteiger partial charge in [0.15, 0.2) is 5.65 Å². The highest BCUT2D eigenvalue weighted by atomic mass is 35.5. The van der Waals surface area contributed by atoms with Crippen LogP contribution in [-0.4, -0.2) is 30.4 Å². The monoisotopic (exact) mass is 285 g/mol. The van der Waals surface area contributed by atoms with Gasteiger partial charge in [0.25, 0.3) is 0 Å². The van der Waals surface area contributed by atoms with E-state index in [4.69, 9.17) is 0 Å². The van der Waals surface area contributed by atoms with Gasteiger partial charge in [-0.2, -0.15) is 0 Å². The number of hydrogen-bond donors (Lipinski definition) is 1. The first-order valence-electron chi connectivity index (χ1n) is 4.68. The number of fused-ring (bicyclic) bond motifs is 1. The van der Waals surface area contributed by atoms with Gasteiger partial charge in [-0.1, -0.05) is 12.1 Å². The van der Waals surface area contributed by atoms with E-state index in [-0.39, 0.29) is 30.6 Å². The summed E-state index contributed by atoms with van der Waals surface area (Å²) in [5.41, 5.74) is 1.84. The second kappa shape index (κ2) is 5.61. The second-order valence-corrected chi connectivity index (χ2v) is 3.26. The van der Waals surface area contributed by atoms with Crippen LogP contribution in [0.5, 0.6) is 5.75 Å². The lowest BCUT2D eigenvalue weighted by Crippen LogP contribution is -1.96. The van der Waals surface area contributed by atoms with E-state index < -0.39 is 0 Å². The van der Waals surface area contributed by atoms with Gasteiger partial charge in [0, 0.05) is 5.56 Å². The Labute approximate surface area is 114 Å². The Balaban J connectivity index is 0.000000810. The van der Waals surface area contributed by atoms with Crippen molar-refractivity contribution in [2.24, 2.45) is 0 Å². The van der Waals surface area contributed by atoms with Crippen molar-refractivity contribution in [3.63, 3.8) is 0 Å². The molecule has 18 heavy (non-hydrogen) atoms. The largest absolute Gasteiger partial charge is 0.507 e. The van der Waals surface area contributed by atoms with Gasteiger partial charge in [-0.3, -0.25) is 0 Å². The molecule has 3 rings (SSSR count). The summed E-state index contributed by atoms with van der Waals surface area (Å²) in [7, 11) is 0. The number of tetrazole rings is 1. The summed E-state index contributed by atoms with van der Waals surface area (Å²) in [5, 5.41) is 24.8. The van der Waals surface area contributed by atoms with Gasteiger partial charge in [0.2, 0.25) is 0 Å². The number of rotatable bonds is 1. The fraction of sp³-hybridized carbons (Fsp3) is 0. The van der Waals surface area contributed by atoms with Crippen LogP contribution in [0.4, 0.5) is 0 Å². The minimum absolute atomic E-state index is 0. The smallest absolute Gasteiger partial charge is 0.200 e. The molecule has 0 bridgehead atoms. The second-order valence-electron chi connectivity index (χ2n) is 3.26. The Morgan fingerprint density at radius 3 is 2.56 bits per heavy atom. The van der Waals surface area contributed by atoms with Crippen molar-refractivity contribution in [2.75, 3.05) is 0 Å². The van der Waals surface area contributed by atoms with Crippen LogP contribution < -0.4 is 0 Å². The van der Waals surface area contributed by atoms with Gasteiger partial charge in [-0.25, -0.2) is 0 Å². The molecule has 0 aliphatic rings. The molecule has 2 aromatic heterocycles. The lowest BCUT2D eigenvalue weighted by atomic mass is 10.1. The number of nitrogens with zero attached hydrogens (tertiary/aromatic N) is 5. The number of hydrogen-bond acceptors (Lipinski definition) is 5. The molecule has 8 heteroatoms. The summed E-state index contributed by atoms with van der Waals surface area (Å²) in [6.07, 6.45) is 0. The SMILES string of the molecule is Cl.Cl.Oc1ccccc1-c1ccc2nnnn2n1. The maximum absolute atomic E-state index is 9.69. The fourth-order valence-electron chi connectivity index (χ4n) is 1.48. The lowest BCUT2D eigenvalue weighted by Gasteiger charge is -2.02. The molecule has 0 unspecified atom stereocenters. The van der Waals surface area contributed by atoms with Crippen molar-refractivity contribution >= 4 is 30.5 Å². The van der Waals surface area contributed by atoms with Crippen molar-refractivity contribution in [3.05, 3.63) is 36.4 Å². The molecule has 1 aromatic carbocycles. The Morgan fingerprint density at radius 1 is 1.00 bits per heavy atom. The van der Waals surface area contributed by atoms with Crippen LogP contribution in [0, 0.1) is 0 Å². The number of halogens is 2. The van der Waals surface area contributed by atoms with Crippen molar-refractivity contribution in [1.82, 2.24) is 25.3 Å². The van der Waals surface area contributed by atoms with Crippen LogP contribution in [0.3, 0.4) is 0 Å². The van der Waals surface area contributed by atoms with E-state index in [1.165, 1.54) is 4.63 Å². The van der Waals surface area contributed by atoms with E-state index in [0.29, 0.717) is 16.9 Å². The molecule has 0 saturated carbocycles. The average molecular weight is 286 g/mol. The quantitative estimate of drug-likeness (QED) is 0.737. The zero-order chi connectivity index (χ0) is 11.0. The molecule has 1 N–H and O–H groups in total. The van der Waals surface area contributed by atoms with Gasteiger partial charge in [-0.05, 0) is 34.7 Å². The fourth-order valence-corrected chi connectivity index (χ4v) is 1.48. The van der Waals surface area contributed by atoms with E-state index in [1.54, 1.807) is 30.3 Å². The molecule has 0 fully saturated rings. The third kappa shape index (κ3) is 2.34. The van der Waals surface area contributed by atoms with E-state index in [1.807, 2.05) is 6.07 Å². The van der Waals surface area contributed by atoms with Crippen LogP contribution in [0.2, 0.25) is 0 Å². The van der Waals surface area contributed by atoms with Crippen molar-refractivity contribution in [1.29, 1.82) is 0 Å². The van der Waals surface area contributed by atoms with E-state index in [2.05, 4.69) is 20.6 Å². The van der Waals surface area contributed by atoms with Crippen LogP contribution in [-0.2, 0) is 0 Å². The Bertz CT molecular complexity index is 657. The number of aromatic hydroxyl groups is 1. The van der Waals surface area contributed by atoms with Gasteiger partial charge >= 0.3 is 0 Å². The molecule has 0 aliphatic heterocycles. The molecular weight excluding hydrogens is 277 g/mol. The maximum Gasteiger partial charge on any atom is 0.200 e. The molecule has 0 spiro atoms. The third-order valence-electron chi connectivity index (χ3n) is 2.25. The van der Waals surface area contributed by atoms with Gasteiger partial charge in [-0.15, -0.1) is 39.6 Å². The van der Waals surface area contributed by atoms with Crippen molar-refractivity contribution in [2.45, 2.75) is 0 Å². The van der Waals surface area contributed by atoms with E-state index >= 15 is 0 Å². The first kappa shape index (κ1) is 14.1. The molecular formula is C10H9Cl2N5O. The Hall–Kier alpha value is -1.92. The minimum Gasteiger partial charge on any atom is -0.507 e. The first-order valence-corrected chi connectivity index (χ1v) is 4.68. The highest BCUT2D eigenvalue weighted by Crippen LogP contribution is 2.26. The van der Waals surface area contributed by atoms with Gasteiger partial charge in [0.1, 0.15) is 5.75 Å². The molecule has 94 valence electrons. The molecule has 6 nitrogen and oxygen atoms in total. The maximum atomic E-state index is 9.69. The summed E-state index contributed by atoms with van der Waals surface area (Å²) in [6.45, 7) is 0. The van der Waals surface area contributed by atoms with Gasteiger partial charge < -0.3 is 5.11 Å². The summed E-state index contributed by atoms with van der Waals surface area (Å²) in [5.74, 6) is 0.183. The zero-order valence-electron chi connectivity index (χ0n) is 8.96. The molecule has 0 saturated heterocycles. The summed E-state index contributed by atoms with van der Waals surface area (Å²) in [6, 6.07) is 10.5. The molecule has 0 amide bonds. The molecule has 2 heterocycles. The van der Waals surface area contributed by atoms with Crippen molar-refractivity contribution in [3.8, 4) is 17.0 Å². The number of para-hydroxylation sites is 1. The van der Waals surface area contributed by atoms with E-state index in [0.717, 1.165) is 0 Å². The number of aromatic nitrogens is 5. The van der Waals surface area contributed by atoms with Crippen LogP contribution in [0.1, 0.15) is 0 Å². The highest BCUT2D eigenvalue weighted by molar-refractivity contribution is 5.85. The molecule has 0 aliphatic carbocycles. The lowest BCUT2D eigenvalue weighted by molar-refractivity contribution is 0.477. The van der Waals surface area contributed by atoms with Crippen LogP contribution >= 0.6 is 24.8 Å². The summed E-state index contributed by atoms with van der Waals surface area (Å²) < 4.78 is 1.32. The Kier molecular flexibility index (Phi) is 4.41. The van der Waals surface area contributed by atoms with Crippen LogP contribution in [0.25, 0.3) is 16.9 Å². The first-order chi connectivity index (χ1) is 7.84. The van der Waals surface area contributed by atoms with Crippen molar-refractivity contribution < 1.29 is 5.11 Å². The number of phenolic OH excluding ortho intramolecular Hbond substituents is 1. The van der Waals surface area contributed by atoms with E-state index in [9.17, 15) is 5.11 Å².